The summed E-state index contributed by atoms with van der Waals surface area (Å²) in [6.07, 6.45) is 3.82. The van der Waals surface area contributed by atoms with Crippen LogP contribution in [0.5, 0.6) is 0 Å². The molecule has 2 N–H and O–H groups in total. The Hall–Kier alpha value is -3.39. The van der Waals surface area contributed by atoms with Crippen molar-refractivity contribution >= 4 is 38.2 Å². The summed E-state index contributed by atoms with van der Waals surface area (Å²) in [5.74, 6) is 0. The number of hydrogen-bond acceptors (Lipinski definition) is 4. The fraction of sp³-hybridized carbons (Fsp3) is 0.148. The van der Waals surface area contributed by atoms with E-state index in [2.05, 4.69) is 17.3 Å². The lowest BCUT2D eigenvalue weighted by Gasteiger charge is -2.23. The minimum Gasteiger partial charge on any atom is -0.321 e. The first-order chi connectivity index (χ1) is 16.8. The maximum Gasteiger partial charge on any atom is 0.258 e. The minimum atomic E-state index is -3.66. The van der Waals surface area contributed by atoms with E-state index in [-0.39, 0.29) is 5.56 Å². The molecule has 1 aliphatic heterocycles. The molecule has 0 unspecified atom stereocenters. The summed E-state index contributed by atoms with van der Waals surface area (Å²) in [6, 6.07) is 22.1. The van der Waals surface area contributed by atoms with E-state index in [9.17, 15) is 13.2 Å². The molecule has 1 aromatic heterocycles. The molecule has 3 aromatic carbocycles. The van der Waals surface area contributed by atoms with Gasteiger partial charge in [0.05, 0.1) is 23.6 Å². The Morgan fingerprint density at radius 2 is 1.69 bits per heavy atom. The Kier molecular flexibility index (Phi) is 6.01. The summed E-state index contributed by atoms with van der Waals surface area (Å²) in [5.41, 5.74) is 7.56. The largest absolute Gasteiger partial charge is 0.321 e. The molecule has 6 nitrogen and oxygen atoms in total. The molecule has 2 heterocycles. The molecular weight excluding hydrogens is 482 g/mol. The molecule has 35 heavy (non-hydrogen) atoms. The number of hydrazine groups is 1. The second-order valence-corrected chi connectivity index (χ2v) is 10.8. The third-order valence-corrected chi connectivity index (χ3v) is 7.47. The van der Waals surface area contributed by atoms with Gasteiger partial charge in [0, 0.05) is 21.5 Å². The maximum absolute atomic E-state index is 13.4. The van der Waals surface area contributed by atoms with Gasteiger partial charge in [0.1, 0.15) is 0 Å². The summed E-state index contributed by atoms with van der Waals surface area (Å²) in [5, 5.41) is 1.30. The van der Waals surface area contributed by atoms with Crippen LogP contribution in [0, 0.1) is 0 Å². The molecular formula is C27H24ClN3O3S. The molecule has 0 saturated heterocycles. The number of H-pyrrole nitrogens is 1. The van der Waals surface area contributed by atoms with Gasteiger partial charge in [0.2, 0.25) is 10.0 Å². The number of nitrogens with zero attached hydrogens (tertiary/aromatic N) is 1. The number of rotatable bonds is 5. The predicted molar refractivity (Wildman–Crippen MR) is 141 cm³/mol. The summed E-state index contributed by atoms with van der Waals surface area (Å²) >= 11 is 6.33. The van der Waals surface area contributed by atoms with E-state index in [4.69, 9.17) is 11.6 Å². The fourth-order valence-electron chi connectivity index (χ4n) is 4.49. The molecule has 4 aromatic rings. The summed E-state index contributed by atoms with van der Waals surface area (Å²) < 4.78 is 26.7. The van der Waals surface area contributed by atoms with Crippen LogP contribution in [0.25, 0.3) is 27.7 Å². The Morgan fingerprint density at radius 3 is 2.34 bits per heavy atom. The molecule has 0 amide bonds. The average Bonchev–Trinajstić information content (AvgIpc) is 3.30. The minimum absolute atomic E-state index is 0.326. The van der Waals surface area contributed by atoms with Crippen LogP contribution in [-0.2, 0) is 16.4 Å². The number of pyridine rings is 1. The third-order valence-electron chi connectivity index (χ3n) is 6.20. The first-order valence-electron chi connectivity index (χ1n) is 11.2. The first kappa shape index (κ1) is 23.4. The van der Waals surface area contributed by atoms with Crippen LogP contribution in [0.3, 0.4) is 0 Å². The summed E-state index contributed by atoms with van der Waals surface area (Å²) in [4.78, 5) is 16.4. The Morgan fingerprint density at radius 1 is 0.971 bits per heavy atom. The van der Waals surface area contributed by atoms with Crippen molar-refractivity contribution in [1.29, 1.82) is 0 Å². The molecule has 0 saturated carbocycles. The molecule has 0 spiro atoms. The number of hydrogen-bond donors (Lipinski definition) is 2. The van der Waals surface area contributed by atoms with Crippen molar-refractivity contribution in [2.75, 3.05) is 6.26 Å². The van der Waals surface area contributed by atoms with Gasteiger partial charge in [-0.15, -0.1) is 4.41 Å². The zero-order valence-electron chi connectivity index (χ0n) is 19.2. The molecule has 0 aliphatic carbocycles. The van der Waals surface area contributed by atoms with Crippen molar-refractivity contribution < 1.29 is 8.42 Å². The number of fused-ring (bicyclic) bond motifs is 1. The van der Waals surface area contributed by atoms with Crippen molar-refractivity contribution in [3.05, 3.63) is 111 Å². The van der Waals surface area contributed by atoms with Crippen LogP contribution in [0.15, 0.2) is 83.7 Å². The van der Waals surface area contributed by atoms with Gasteiger partial charge in [-0.2, -0.15) is 0 Å². The van der Waals surface area contributed by atoms with E-state index >= 15 is 0 Å². The smallest absolute Gasteiger partial charge is 0.258 e. The van der Waals surface area contributed by atoms with Crippen molar-refractivity contribution in [2.24, 2.45) is 0 Å². The van der Waals surface area contributed by atoms with Crippen LogP contribution in [0.2, 0.25) is 5.02 Å². The number of nitrogens with one attached hydrogen (secondary N) is 2. The molecule has 0 bridgehead atoms. The zero-order valence-corrected chi connectivity index (χ0v) is 20.8. The van der Waals surface area contributed by atoms with Gasteiger partial charge in [-0.05, 0) is 47.4 Å². The Balaban J connectivity index is 1.76. The summed E-state index contributed by atoms with van der Waals surface area (Å²) in [6.45, 7) is 2.07. The number of aromatic amines is 1. The lowest BCUT2D eigenvalue weighted by atomic mass is 9.94. The number of aryl methyl sites for hydroxylation is 1. The standard InChI is InChI=1S/C27H24ClN3O3S/c1-3-17-9-11-18(12-10-17)24-16-23(30-31(24)35(2,33)34)26-25(19-7-5-4-6-8-19)21-15-20(28)13-14-22(21)29-27(26)32/h4-16,24,30H,3H2,1-2H3,(H,29,32)/t24-/m1/s1. The van der Waals surface area contributed by atoms with E-state index in [0.29, 0.717) is 27.4 Å². The van der Waals surface area contributed by atoms with Crippen molar-refractivity contribution in [2.45, 2.75) is 19.4 Å². The van der Waals surface area contributed by atoms with Crippen LogP contribution in [-0.4, -0.2) is 24.1 Å². The van der Waals surface area contributed by atoms with Crippen molar-refractivity contribution in [3.63, 3.8) is 0 Å². The van der Waals surface area contributed by atoms with E-state index in [0.717, 1.165) is 34.8 Å². The summed E-state index contributed by atoms with van der Waals surface area (Å²) in [7, 11) is -3.66. The molecule has 5 rings (SSSR count). The second kappa shape index (κ2) is 9.00. The SMILES string of the molecule is CCc1ccc([C@H]2C=C(c3c(-c4ccccc4)c4cc(Cl)ccc4[nH]c3=O)NN2S(C)(=O)=O)cc1. The lowest BCUT2D eigenvalue weighted by Crippen LogP contribution is -2.39. The van der Waals surface area contributed by atoms with E-state index in [1.165, 1.54) is 4.41 Å². The highest BCUT2D eigenvalue weighted by molar-refractivity contribution is 7.88. The highest BCUT2D eigenvalue weighted by Gasteiger charge is 2.35. The van der Waals surface area contributed by atoms with E-state index < -0.39 is 16.1 Å². The van der Waals surface area contributed by atoms with E-state index in [1.807, 2.05) is 60.7 Å². The highest BCUT2D eigenvalue weighted by atomic mass is 35.5. The van der Waals surface area contributed by atoms with Crippen LogP contribution in [0.1, 0.15) is 29.7 Å². The normalized spacial score (nSPS) is 16.3. The number of benzene rings is 3. The number of aromatic nitrogens is 1. The highest BCUT2D eigenvalue weighted by Crippen LogP contribution is 2.38. The van der Waals surface area contributed by atoms with Gasteiger partial charge in [-0.25, -0.2) is 8.42 Å². The van der Waals surface area contributed by atoms with Gasteiger partial charge in [-0.1, -0.05) is 73.1 Å². The number of sulfonamides is 1. The van der Waals surface area contributed by atoms with Gasteiger partial charge in [0.15, 0.2) is 0 Å². The third kappa shape index (κ3) is 4.38. The average molecular weight is 506 g/mol. The van der Waals surface area contributed by atoms with Gasteiger partial charge in [0.25, 0.3) is 5.56 Å². The molecule has 0 fully saturated rings. The quantitative estimate of drug-likeness (QED) is 0.387. The monoisotopic (exact) mass is 505 g/mol. The maximum atomic E-state index is 13.4. The molecule has 1 aliphatic rings. The van der Waals surface area contributed by atoms with Gasteiger partial charge >= 0.3 is 0 Å². The Bertz CT molecular complexity index is 1610. The molecule has 8 heteroatoms. The fourth-order valence-corrected chi connectivity index (χ4v) is 5.52. The van der Waals surface area contributed by atoms with Gasteiger partial charge < -0.3 is 10.4 Å². The molecule has 0 radical (unpaired) electrons. The van der Waals surface area contributed by atoms with E-state index in [1.54, 1.807) is 18.2 Å². The molecule has 178 valence electrons. The van der Waals surface area contributed by atoms with Crippen LogP contribution in [0.4, 0.5) is 0 Å². The molecule has 1 atom stereocenters. The topological polar surface area (TPSA) is 82.3 Å². The Labute approximate surface area is 208 Å². The number of halogens is 1. The predicted octanol–water partition coefficient (Wildman–Crippen LogP) is 5.27. The van der Waals surface area contributed by atoms with Crippen LogP contribution >= 0.6 is 11.6 Å². The van der Waals surface area contributed by atoms with Crippen molar-refractivity contribution in [3.8, 4) is 11.1 Å². The first-order valence-corrected chi connectivity index (χ1v) is 13.5. The zero-order chi connectivity index (χ0) is 24.7. The lowest BCUT2D eigenvalue weighted by molar-refractivity contribution is 0.351. The van der Waals surface area contributed by atoms with Crippen molar-refractivity contribution in [1.82, 2.24) is 14.8 Å². The van der Waals surface area contributed by atoms with Gasteiger partial charge in [-0.3, -0.25) is 4.79 Å². The van der Waals surface area contributed by atoms with Crippen LogP contribution < -0.4 is 11.0 Å². The second-order valence-electron chi connectivity index (χ2n) is 8.55.